The maximum atomic E-state index is 12.6. The number of urea groups is 1. The molecule has 25 heavy (non-hydrogen) atoms. The van der Waals surface area contributed by atoms with Crippen LogP contribution in [0, 0.1) is 0 Å². The molecule has 3 rings (SSSR count). The SMILES string of the molecule is CCC(NC(=O)CN1C(=O)NC2(CCCC2)C1=O)c1ccc(Cl)cc1. The van der Waals surface area contributed by atoms with Crippen LogP contribution in [0.4, 0.5) is 4.79 Å². The molecule has 0 radical (unpaired) electrons. The number of hydrogen-bond donors (Lipinski definition) is 2. The van der Waals surface area contributed by atoms with Crippen LogP contribution >= 0.6 is 11.6 Å². The predicted octanol–water partition coefficient (Wildman–Crippen LogP) is 2.77. The second kappa shape index (κ2) is 7.04. The van der Waals surface area contributed by atoms with Gasteiger partial charge in [0.2, 0.25) is 5.91 Å². The summed E-state index contributed by atoms with van der Waals surface area (Å²) in [5.41, 5.74) is 0.155. The number of nitrogens with zero attached hydrogens (tertiary/aromatic N) is 1. The quantitative estimate of drug-likeness (QED) is 0.789. The normalized spacial score (nSPS) is 20.0. The zero-order valence-electron chi connectivity index (χ0n) is 14.2. The van der Waals surface area contributed by atoms with Crippen LogP contribution in [0.15, 0.2) is 24.3 Å². The summed E-state index contributed by atoms with van der Waals surface area (Å²) in [5.74, 6) is -0.620. The van der Waals surface area contributed by atoms with Crippen molar-refractivity contribution < 1.29 is 14.4 Å². The van der Waals surface area contributed by atoms with Crippen LogP contribution < -0.4 is 10.6 Å². The third kappa shape index (κ3) is 3.49. The van der Waals surface area contributed by atoms with Crippen LogP contribution in [0.3, 0.4) is 0 Å². The predicted molar refractivity (Wildman–Crippen MR) is 94.1 cm³/mol. The Labute approximate surface area is 151 Å². The third-order valence-corrected chi connectivity index (χ3v) is 5.27. The van der Waals surface area contributed by atoms with Gasteiger partial charge in [0, 0.05) is 5.02 Å². The average molecular weight is 364 g/mol. The van der Waals surface area contributed by atoms with Crippen molar-refractivity contribution >= 4 is 29.4 Å². The van der Waals surface area contributed by atoms with E-state index in [9.17, 15) is 14.4 Å². The zero-order valence-corrected chi connectivity index (χ0v) is 14.9. The number of imide groups is 1. The molecule has 2 aliphatic rings. The van der Waals surface area contributed by atoms with E-state index in [2.05, 4.69) is 10.6 Å². The molecule has 0 aromatic heterocycles. The van der Waals surface area contributed by atoms with Gasteiger partial charge in [0.15, 0.2) is 0 Å². The summed E-state index contributed by atoms with van der Waals surface area (Å²) in [6, 6.07) is 6.60. The summed E-state index contributed by atoms with van der Waals surface area (Å²) in [7, 11) is 0. The van der Waals surface area contributed by atoms with Crippen LogP contribution in [0.1, 0.15) is 50.6 Å². The molecule has 1 aromatic rings. The summed E-state index contributed by atoms with van der Waals surface area (Å²) in [6.45, 7) is 1.71. The van der Waals surface area contributed by atoms with E-state index in [0.717, 1.165) is 23.3 Å². The molecule has 1 spiro atoms. The summed E-state index contributed by atoms with van der Waals surface area (Å²) in [5, 5.41) is 6.31. The molecular formula is C18H22ClN3O3. The zero-order chi connectivity index (χ0) is 18.0. The lowest BCUT2D eigenvalue weighted by molar-refractivity contribution is -0.135. The van der Waals surface area contributed by atoms with Gasteiger partial charge in [-0.25, -0.2) is 4.79 Å². The highest BCUT2D eigenvalue weighted by Crippen LogP contribution is 2.34. The fourth-order valence-electron chi connectivity index (χ4n) is 3.64. The second-order valence-corrected chi connectivity index (χ2v) is 7.13. The lowest BCUT2D eigenvalue weighted by atomic mass is 9.98. The monoisotopic (exact) mass is 363 g/mol. The van der Waals surface area contributed by atoms with Gasteiger partial charge in [-0.05, 0) is 37.0 Å². The number of halogens is 1. The first kappa shape index (κ1) is 17.7. The maximum absolute atomic E-state index is 12.6. The minimum Gasteiger partial charge on any atom is -0.348 e. The molecule has 6 nitrogen and oxygen atoms in total. The number of amides is 4. The van der Waals surface area contributed by atoms with Crippen molar-refractivity contribution in [3.8, 4) is 0 Å². The van der Waals surface area contributed by atoms with Crippen molar-refractivity contribution in [2.75, 3.05) is 6.54 Å². The second-order valence-electron chi connectivity index (χ2n) is 6.69. The molecule has 1 atom stereocenters. The van der Waals surface area contributed by atoms with Crippen molar-refractivity contribution in [2.45, 2.75) is 50.6 Å². The first-order valence-electron chi connectivity index (χ1n) is 8.64. The number of benzene rings is 1. The van der Waals surface area contributed by atoms with E-state index < -0.39 is 11.6 Å². The van der Waals surface area contributed by atoms with Crippen LogP contribution in [-0.4, -0.2) is 34.8 Å². The molecular weight excluding hydrogens is 342 g/mol. The molecule has 7 heteroatoms. The van der Waals surface area contributed by atoms with E-state index in [1.807, 2.05) is 19.1 Å². The van der Waals surface area contributed by atoms with Crippen LogP contribution in [-0.2, 0) is 9.59 Å². The Kier molecular flexibility index (Phi) is 4.99. The lowest BCUT2D eigenvalue weighted by Gasteiger charge is -2.21. The Morgan fingerprint density at radius 3 is 2.52 bits per heavy atom. The van der Waals surface area contributed by atoms with Gasteiger partial charge >= 0.3 is 6.03 Å². The molecule has 1 saturated carbocycles. The van der Waals surface area contributed by atoms with E-state index in [0.29, 0.717) is 24.3 Å². The van der Waals surface area contributed by atoms with E-state index in [1.165, 1.54) is 0 Å². The third-order valence-electron chi connectivity index (χ3n) is 5.02. The van der Waals surface area contributed by atoms with Gasteiger partial charge in [-0.15, -0.1) is 0 Å². The minimum atomic E-state index is -0.780. The van der Waals surface area contributed by atoms with Crippen molar-refractivity contribution in [2.24, 2.45) is 0 Å². The Balaban J connectivity index is 1.64. The van der Waals surface area contributed by atoms with Crippen molar-refractivity contribution in [3.05, 3.63) is 34.9 Å². The van der Waals surface area contributed by atoms with E-state index in [1.54, 1.807) is 12.1 Å². The van der Waals surface area contributed by atoms with Gasteiger partial charge < -0.3 is 10.6 Å². The van der Waals surface area contributed by atoms with Crippen molar-refractivity contribution in [1.82, 2.24) is 15.5 Å². The Morgan fingerprint density at radius 1 is 1.28 bits per heavy atom. The van der Waals surface area contributed by atoms with Crippen LogP contribution in [0.25, 0.3) is 0 Å². The lowest BCUT2D eigenvalue weighted by Crippen LogP contribution is -2.45. The number of nitrogens with one attached hydrogen (secondary N) is 2. The number of carbonyl (C=O) groups is 3. The minimum absolute atomic E-state index is 0.189. The summed E-state index contributed by atoms with van der Waals surface area (Å²) in [4.78, 5) is 38.2. The first-order chi connectivity index (χ1) is 11.9. The molecule has 1 aliphatic carbocycles. The molecule has 2 N–H and O–H groups in total. The first-order valence-corrected chi connectivity index (χ1v) is 9.02. The topological polar surface area (TPSA) is 78.5 Å². The van der Waals surface area contributed by atoms with Gasteiger partial charge in [0.1, 0.15) is 12.1 Å². The highest BCUT2D eigenvalue weighted by Gasteiger charge is 2.52. The fourth-order valence-corrected chi connectivity index (χ4v) is 3.76. The van der Waals surface area contributed by atoms with Gasteiger partial charge in [0.05, 0.1) is 6.04 Å². The average Bonchev–Trinajstić information content (AvgIpc) is 3.15. The van der Waals surface area contributed by atoms with Gasteiger partial charge in [0.25, 0.3) is 5.91 Å². The molecule has 134 valence electrons. The van der Waals surface area contributed by atoms with Gasteiger partial charge in [-0.2, -0.15) is 0 Å². The van der Waals surface area contributed by atoms with E-state index >= 15 is 0 Å². The fraction of sp³-hybridized carbons (Fsp3) is 0.500. The van der Waals surface area contributed by atoms with E-state index in [4.69, 9.17) is 11.6 Å². The Bertz CT molecular complexity index is 683. The van der Waals surface area contributed by atoms with Crippen molar-refractivity contribution in [1.29, 1.82) is 0 Å². The molecule has 1 saturated heterocycles. The summed E-state index contributed by atoms with van der Waals surface area (Å²) in [6.07, 6.45) is 3.83. The van der Waals surface area contributed by atoms with E-state index in [-0.39, 0.29) is 24.4 Å². The van der Waals surface area contributed by atoms with Crippen LogP contribution in [0.2, 0.25) is 5.02 Å². The molecule has 1 unspecified atom stereocenters. The highest BCUT2D eigenvalue weighted by atomic mass is 35.5. The largest absolute Gasteiger partial charge is 0.348 e. The Hall–Kier alpha value is -2.08. The van der Waals surface area contributed by atoms with Gasteiger partial charge in [-0.3, -0.25) is 14.5 Å². The Morgan fingerprint density at radius 2 is 1.92 bits per heavy atom. The highest BCUT2D eigenvalue weighted by molar-refractivity contribution is 6.30. The molecule has 2 fully saturated rings. The molecule has 1 aliphatic heterocycles. The van der Waals surface area contributed by atoms with Crippen LogP contribution in [0.5, 0.6) is 0 Å². The number of rotatable bonds is 5. The smallest absolute Gasteiger partial charge is 0.325 e. The molecule has 0 bridgehead atoms. The standard InChI is InChI=1S/C18H22ClN3O3/c1-2-14(12-5-7-13(19)8-6-12)20-15(23)11-22-16(24)18(21-17(22)25)9-3-4-10-18/h5-8,14H,2-4,9-11H2,1H3,(H,20,23)(H,21,25). The number of carbonyl (C=O) groups excluding carboxylic acids is 3. The van der Waals surface area contributed by atoms with Crippen molar-refractivity contribution in [3.63, 3.8) is 0 Å². The van der Waals surface area contributed by atoms with Gasteiger partial charge in [-0.1, -0.05) is 43.5 Å². The molecule has 1 heterocycles. The maximum Gasteiger partial charge on any atom is 0.325 e. The molecule has 4 amide bonds. The molecule has 1 aromatic carbocycles. The summed E-state index contributed by atoms with van der Waals surface area (Å²) >= 11 is 5.89. The summed E-state index contributed by atoms with van der Waals surface area (Å²) < 4.78 is 0. The number of hydrogen-bond acceptors (Lipinski definition) is 3.